The number of aliphatic hydroxyl groups is 1. The third-order valence-electron chi connectivity index (χ3n) is 3.02. The van der Waals surface area contributed by atoms with Crippen molar-refractivity contribution in [2.45, 2.75) is 13.2 Å². The van der Waals surface area contributed by atoms with E-state index in [2.05, 4.69) is 0 Å². The normalized spacial score (nSPS) is 10.9. The van der Waals surface area contributed by atoms with E-state index < -0.39 is 5.97 Å². The number of rotatable bonds is 5. The van der Waals surface area contributed by atoms with Crippen LogP contribution in [0.2, 0.25) is 10.0 Å². The second kappa shape index (κ2) is 7.99. The molecule has 114 valence electrons. The number of halogens is 2. The van der Waals surface area contributed by atoms with Crippen LogP contribution in [0, 0.1) is 0 Å². The minimum absolute atomic E-state index is 0.0933. The summed E-state index contributed by atoms with van der Waals surface area (Å²) in [4.78, 5) is 11.7. The fourth-order valence-electron chi connectivity index (χ4n) is 1.84. The van der Waals surface area contributed by atoms with Gasteiger partial charge in [-0.3, -0.25) is 0 Å². The maximum atomic E-state index is 11.7. The molecule has 0 unspecified atom stereocenters. The highest BCUT2D eigenvalue weighted by atomic mass is 35.5. The monoisotopic (exact) mass is 336 g/mol. The quantitative estimate of drug-likeness (QED) is 0.656. The highest BCUT2D eigenvalue weighted by molar-refractivity contribution is 6.35. The van der Waals surface area contributed by atoms with E-state index in [4.69, 9.17) is 27.9 Å². The maximum Gasteiger partial charge on any atom is 0.331 e. The van der Waals surface area contributed by atoms with Crippen LogP contribution >= 0.6 is 23.2 Å². The van der Waals surface area contributed by atoms with Gasteiger partial charge < -0.3 is 9.84 Å². The van der Waals surface area contributed by atoms with Crippen LogP contribution in [0.4, 0.5) is 0 Å². The minimum Gasteiger partial charge on any atom is -0.458 e. The number of hydrogen-bond acceptors (Lipinski definition) is 3. The van der Waals surface area contributed by atoms with Crippen LogP contribution in [0.1, 0.15) is 16.7 Å². The van der Waals surface area contributed by atoms with E-state index in [0.717, 1.165) is 11.1 Å². The summed E-state index contributed by atoms with van der Waals surface area (Å²) in [5.74, 6) is -0.487. The van der Waals surface area contributed by atoms with Crippen molar-refractivity contribution in [3.63, 3.8) is 0 Å². The minimum atomic E-state index is -0.487. The first-order valence-corrected chi connectivity index (χ1v) is 7.33. The summed E-state index contributed by atoms with van der Waals surface area (Å²) >= 11 is 11.8. The van der Waals surface area contributed by atoms with Gasteiger partial charge >= 0.3 is 5.97 Å². The standard InChI is InChI=1S/C17H14Cl2O3/c18-15-7-5-12(16(19)9-15)6-8-17(21)22-11-14-4-2-1-3-13(14)10-20/h1-9,20H,10-11H2. The number of aliphatic hydroxyl groups excluding tert-OH is 1. The molecule has 0 saturated heterocycles. The number of esters is 1. The van der Waals surface area contributed by atoms with E-state index in [9.17, 15) is 9.90 Å². The van der Waals surface area contributed by atoms with Crippen LogP contribution in [-0.4, -0.2) is 11.1 Å². The van der Waals surface area contributed by atoms with Gasteiger partial charge in [0.05, 0.1) is 6.61 Å². The average molecular weight is 337 g/mol. The van der Waals surface area contributed by atoms with E-state index in [1.807, 2.05) is 12.1 Å². The molecule has 0 fully saturated rings. The van der Waals surface area contributed by atoms with Crippen LogP contribution in [0.15, 0.2) is 48.5 Å². The first-order valence-electron chi connectivity index (χ1n) is 6.57. The smallest absolute Gasteiger partial charge is 0.331 e. The van der Waals surface area contributed by atoms with Crippen molar-refractivity contribution in [2.24, 2.45) is 0 Å². The number of carbonyl (C=O) groups excluding carboxylic acids is 1. The van der Waals surface area contributed by atoms with E-state index in [1.54, 1.807) is 36.4 Å². The molecule has 2 rings (SSSR count). The third kappa shape index (κ3) is 4.60. The second-order valence-electron chi connectivity index (χ2n) is 4.53. The average Bonchev–Trinajstić information content (AvgIpc) is 2.52. The summed E-state index contributed by atoms with van der Waals surface area (Å²) in [6.45, 7) is 0.0121. The van der Waals surface area contributed by atoms with E-state index in [0.29, 0.717) is 15.6 Å². The van der Waals surface area contributed by atoms with Crippen LogP contribution in [0.3, 0.4) is 0 Å². The Balaban J connectivity index is 1.97. The molecule has 0 aliphatic heterocycles. The van der Waals surface area contributed by atoms with Crippen molar-refractivity contribution in [1.29, 1.82) is 0 Å². The summed E-state index contributed by atoms with van der Waals surface area (Å²) in [5, 5.41) is 10.2. The maximum absolute atomic E-state index is 11.7. The molecule has 0 aliphatic carbocycles. The first kappa shape index (κ1) is 16.6. The van der Waals surface area contributed by atoms with Gasteiger partial charge in [0, 0.05) is 16.1 Å². The van der Waals surface area contributed by atoms with Gasteiger partial charge in [-0.15, -0.1) is 0 Å². The number of hydrogen-bond donors (Lipinski definition) is 1. The van der Waals surface area contributed by atoms with Crippen molar-refractivity contribution < 1.29 is 14.6 Å². The number of benzene rings is 2. The molecule has 2 aromatic rings. The molecule has 0 bridgehead atoms. The fraction of sp³-hybridized carbons (Fsp3) is 0.118. The van der Waals surface area contributed by atoms with E-state index in [1.165, 1.54) is 6.08 Å². The Morgan fingerprint density at radius 1 is 1.14 bits per heavy atom. The lowest BCUT2D eigenvalue weighted by atomic mass is 10.1. The van der Waals surface area contributed by atoms with Crippen molar-refractivity contribution in [1.82, 2.24) is 0 Å². The molecule has 0 aliphatic rings. The SMILES string of the molecule is O=C(C=Cc1ccc(Cl)cc1Cl)OCc1ccccc1CO. The van der Waals surface area contributed by atoms with Crippen molar-refractivity contribution >= 4 is 35.2 Å². The highest BCUT2D eigenvalue weighted by Crippen LogP contribution is 2.22. The van der Waals surface area contributed by atoms with Gasteiger partial charge in [0.1, 0.15) is 6.61 Å². The Morgan fingerprint density at radius 2 is 1.86 bits per heavy atom. The molecule has 0 spiro atoms. The van der Waals surface area contributed by atoms with Crippen LogP contribution < -0.4 is 0 Å². The lowest BCUT2D eigenvalue weighted by Crippen LogP contribution is -2.03. The lowest BCUT2D eigenvalue weighted by Gasteiger charge is -2.07. The molecule has 0 heterocycles. The van der Waals surface area contributed by atoms with Crippen LogP contribution in [0.25, 0.3) is 6.08 Å². The Kier molecular flexibility index (Phi) is 6.01. The van der Waals surface area contributed by atoms with Gasteiger partial charge in [-0.25, -0.2) is 4.79 Å². The van der Waals surface area contributed by atoms with Gasteiger partial charge in [-0.05, 0) is 34.9 Å². The molecular formula is C17H14Cl2O3. The topological polar surface area (TPSA) is 46.5 Å². The summed E-state index contributed by atoms with van der Waals surface area (Å²) in [6, 6.07) is 12.2. The van der Waals surface area contributed by atoms with Crippen LogP contribution in [-0.2, 0) is 22.7 Å². The Hall–Kier alpha value is -1.81. The number of carbonyl (C=O) groups is 1. The molecular weight excluding hydrogens is 323 g/mol. The van der Waals surface area contributed by atoms with E-state index >= 15 is 0 Å². The molecule has 22 heavy (non-hydrogen) atoms. The Bertz CT molecular complexity index is 696. The van der Waals surface area contributed by atoms with Gasteiger partial charge in [0.25, 0.3) is 0 Å². The van der Waals surface area contributed by atoms with E-state index in [-0.39, 0.29) is 13.2 Å². The fourth-order valence-corrected chi connectivity index (χ4v) is 2.32. The first-order chi connectivity index (χ1) is 10.6. The highest BCUT2D eigenvalue weighted by Gasteiger charge is 2.04. The predicted octanol–water partition coefficient (Wildman–Crippen LogP) is 4.24. The molecule has 0 atom stereocenters. The van der Waals surface area contributed by atoms with Gasteiger partial charge in [-0.1, -0.05) is 53.5 Å². The molecule has 3 nitrogen and oxygen atoms in total. The van der Waals surface area contributed by atoms with Crippen molar-refractivity contribution in [2.75, 3.05) is 0 Å². The molecule has 0 amide bonds. The molecule has 2 aromatic carbocycles. The third-order valence-corrected chi connectivity index (χ3v) is 3.58. The summed E-state index contributed by atoms with van der Waals surface area (Å²) in [5.41, 5.74) is 2.19. The Labute approximate surface area is 138 Å². The van der Waals surface area contributed by atoms with Crippen molar-refractivity contribution in [3.05, 3.63) is 75.3 Å². The van der Waals surface area contributed by atoms with Gasteiger partial charge in [0.15, 0.2) is 0 Å². The zero-order chi connectivity index (χ0) is 15.9. The largest absolute Gasteiger partial charge is 0.458 e. The Morgan fingerprint density at radius 3 is 2.55 bits per heavy atom. The van der Waals surface area contributed by atoms with Gasteiger partial charge in [0.2, 0.25) is 0 Å². The molecule has 5 heteroatoms. The second-order valence-corrected chi connectivity index (χ2v) is 5.38. The molecule has 0 saturated carbocycles. The molecule has 0 aromatic heterocycles. The molecule has 0 radical (unpaired) electrons. The summed E-state index contributed by atoms with van der Waals surface area (Å²) < 4.78 is 5.15. The predicted molar refractivity (Wildman–Crippen MR) is 87.7 cm³/mol. The zero-order valence-electron chi connectivity index (χ0n) is 11.6. The lowest BCUT2D eigenvalue weighted by molar-refractivity contribution is -0.138. The van der Waals surface area contributed by atoms with Crippen LogP contribution in [0.5, 0.6) is 0 Å². The summed E-state index contributed by atoms with van der Waals surface area (Å²) in [6.07, 6.45) is 2.87. The number of ether oxygens (including phenoxy) is 1. The molecule has 1 N–H and O–H groups in total. The van der Waals surface area contributed by atoms with Gasteiger partial charge in [-0.2, -0.15) is 0 Å². The summed E-state index contributed by atoms with van der Waals surface area (Å²) in [7, 11) is 0. The van der Waals surface area contributed by atoms with Crippen molar-refractivity contribution in [3.8, 4) is 0 Å². The zero-order valence-corrected chi connectivity index (χ0v) is 13.1.